The van der Waals surface area contributed by atoms with Gasteiger partial charge in [0.15, 0.2) is 0 Å². The van der Waals surface area contributed by atoms with Crippen molar-refractivity contribution in [3.8, 4) is 0 Å². The van der Waals surface area contributed by atoms with E-state index in [1.807, 2.05) is 24.3 Å². The molecule has 1 heterocycles. The van der Waals surface area contributed by atoms with Crippen LogP contribution in [-0.4, -0.2) is 46.5 Å². The minimum atomic E-state index is -1.12. The number of primary amides is 1. The van der Waals surface area contributed by atoms with Crippen LogP contribution in [0.25, 0.3) is 10.9 Å². The second-order valence-corrected chi connectivity index (χ2v) is 7.55. The highest BCUT2D eigenvalue weighted by molar-refractivity contribution is 5.96. The Morgan fingerprint density at radius 2 is 1.76 bits per heavy atom. The third-order valence-electron chi connectivity index (χ3n) is 4.89. The van der Waals surface area contributed by atoms with E-state index in [0.717, 1.165) is 10.9 Å². The number of aromatic nitrogens is 1. The van der Waals surface area contributed by atoms with Crippen LogP contribution in [0.1, 0.15) is 28.8 Å². The molecule has 0 aliphatic heterocycles. The van der Waals surface area contributed by atoms with E-state index in [0.29, 0.717) is 24.1 Å². The van der Waals surface area contributed by atoms with E-state index in [1.54, 1.807) is 6.07 Å². The number of hydrogen-bond donors (Lipinski definition) is 5. The Morgan fingerprint density at radius 3 is 2.38 bits per heavy atom. The monoisotopic (exact) mass is 469 g/mol. The number of fused-ring (bicyclic) bond motifs is 1. The summed E-state index contributed by atoms with van der Waals surface area (Å²) >= 11 is 0. The number of carbonyl (C=O) groups is 3. The number of rotatable bonds is 9. The number of benzene rings is 2. The SMILES string of the molecule is NC(=O)c1cnc2ccccc2c1.NCCC[C@H](NC(=O)[C@@H](N)Cc1ccc(F)cc1)C(=O)O. The molecule has 34 heavy (non-hydrogen) atoms. The Hall–Kier alpha value is -3.89. The number of nitrogens with one attached hydrogen (secondary N) is 1. The number of para-hydroxylation sites is 1. The highest BCUT2D eigenvalue weighted by Crippen LogP contribution is 2.12. The van der Waals surface area contributed by atoms with E-state index in [1.165, 1.54) is 30.5 Å². The number of nitrogens with two attached hydrogens (primary N) is 3. The van der Waals surface area contributed by atoms with Gasteiger partial charge in [0.05, 0.1) is 17.1 Å². The van der Waals surface area contributed by atoms with E-state index >= 15 is 0 Å². The number of carboxylic acid groups (broad SMARTS) is 1. The first-order valence-electron chi connectivity index (χ1n) is 10.6. The molecule has 0 saturated heterocycles. The summed E-state index contributed by atoms with van der Waals surface area (Å²) in [5.41, 5.74) is 18.2. The van der Waals surface area contributed by atoms with Gasteiger partial charge in [-0.25, -0.2) is 9.18 Å². The lowest BCUT2D eigenvalue weighted by Gasteiger charge is -2.17. The van der Waals surface area contributed by atoms with E-state index in [9.17, 15) is 18.8 Å². The maximum absolute atomic E-state index is 12.8. The third kappa shape index (κ3) is 8.23. The number of nitrogens with zero attached hydrogens (tertiary/aromatic N) is 1. The van der Waals surface area contributed by atoms with E-state index in [-0.39, 0.29) is 18.7 Å². The maximum Gasteiger partial charge on any atom is 0.326 e. The number of carbonyl (C=O) groups excluding carboxylic acids is 2. The first kappa shape index (κ1) is 26.4. The quantitative estimate of drug-likeness (QED) is 0.314. The van der Waals surface area contributed by atoms with Crippen LogP contribution in [0.5, 0.6) is 0 Å². The fourth-order valence-corrected chi connectivity index (χ4v) is 3.03. The molecule has 9 nitrogen and oxygen atoms in total. The molecule has 0 bridgehead atoms. The van der Waals surface area contributed by atoms with Gasteiger partial charge in [-0.2, -0.15) is 0 Å². The minimum Gasteiger partial charge on any atom is -0.480 e. The van der Waals surface area contributed by atoms with Crippen molar-refractivity contribution in [1.82, 2.24) is 10.3 Å². The first-order valence-corrected chi connectivity index (χ1v) is 10.6. The van der Waals surface area contributed by atoms with Crippen molar-refractivity contribution in [1.29, 1.82) is 0 Å². The van der Waals surface area contributed by atoms with Crippen LogP contribution in [0.4, 0.5) is 4.39 Å². The van der Waals surface area contributed by atoms with Gasteiger partial charge >= 0.3 is 5.97 Å². The molecule has 3 aromatic rings. The normalized spacial score (nSPS) is 12.2. The van der Waals surface area contributed by atoms with Crippen molar-refractivity contribution in [3.63, 3.8) is 0 Å². The number of pyridine rings is 1. The Balaban J connectivity index is 0.000000266. The van der Waals surface area contributed by atoms with E-state index in [2.05, 4.69) is 10.3 Å². The van der Waals surface area contributed by atoms with Gasteiger partial charge in [0.1, 0.15) is 11.9 Å². The van der Waals surface area contributed by atoms with Crippen molar-refractivity contribution in [2.75, 3.05) is 6.54 Å². The minimum absolute atomic E-state index is 0.204. The zero-order chi connectivity index (χ0) is 25.1. The number of carboxylic acids is 1. The van der Waals surface area contributed by atoms with Gasteiger partial charge in [-0.05, 0) is 55.6 Å². The Kier molecular flexibility index (Phi) is 10.1. The smallest absolute Gasteiger partial charge is 0.326 e. The van der Waals surface area contributed by atoms with Crippen LogP contribution in [0.2, 0.25) is 0 Å². The first-order chi connectivity index (χ1) is 16.2. The molecule has 0 radical (unpaired) electrons. The summed E-state index contributed by atoms with van der Waals surface area (Å²) in [6, 6.07) is 13.1. The summed E-state index contributed by atoms with van der Waals surface area (Å²) in [6.07, 6.45) is 2.44. The Bertz CT molecular complexity index is 1120. The zero-order valence-corrected chi connectivity index (χ0v) is 18.5. The van der Waals surface area contributed by atoms with Crippen LogP contribution >= 0.6 is 0 Å². The molecule has 0 fully saturated rings. The molecular formula is C24H28FN5O4. The number of aliphatic carboxylic acids is 1. The van der Waals surface area contributed by atoms with Gasteiger partial charge in [-0.1, -0.05) is 30.3 Å². The molecule has 0 aliphatic rings. The molecule has 10 heteroatoms. The van der Waals surface area contributed by atoms with Gasteiger partial charge in [-0.3, -0.25) is 14.6 Å². The highest BCUT2D eigenvalue weighted by atomic mass is 19.1. The number of hydrogen-bond acceptors (Lipinski definition) is 6. The molecule has 3 rings (SSSR count). The predicted octanol–water partition coefficient (Wildman–Crippen LogP) is 1.34. The molecule has 2 amide bonds. The zero-order valence-electron chi connectivity index (χ0n) is 18.5. The van der Waals surface area contributed by atoms with Crippen molar-refractivity contribution in [2.24, 2.45) is 17.2 Å². The average Bonchev–Trinajstić information content (AvgIpc) is 2.82. The van der Waals surface area contributed by atoms with Crippen LogP contribution in [0, 0.1) is 5.82 Å². The van der Waals surface area contributed by atoms with Crippen LogP contribution in [-0.2, 0) is 16.0 Å². The summed E-state index contributed by atoms with van der Waals surface area (Å²) < 4.78 is 12.8. The molecule has 2 atom stereocenters. The van der Waals surface area contributed by atoms with Crippen LogP contribution in [0.15, 0.2) is 60.8 Å². The van der Waals surface area contributed by atoms with Crippen molar-refractivity contribution in [3.05, 3.63) is 77.7 Å². The highest BCUT2D eigenvalue weighted by Gasteiger charge is 2.22. The molecule has 0 unspecified atom stereocenters. The molecule has 1 aromatic heterocycles. The lowest BCUT2D eigenvalue weighted by molar-refractivity contribution is -0.142. The van der Waals surface area contributed by atoms with Gasteiger partial charge in [0, 0.05) is 11.6 Å². The fourth-order valence-electron chi connectivity index (χ4n) is 3.03. The Labute approximate surface area is 196 Å². The van der Waals surface area contributed by atoms with Gasteiger partial charge < -0.3 is 27.6 Å². The largest absolute Gasteiger partial charge is 0.480 e. The summed E-state index contributed by atoms with van der Waals surface area (Å²) in [4.78, 5) is 37.8. The van der Waals surface area contributed by atoms with Gasteiger partial charge in [-0.15, -0.1) is 0 Å². The Morgan fingerprint density at radius 1 is 1.09 bits per heavy atom. The molecule has 8 N–H and O–H groups in total. The van der Waals surface area contributed by atoms with Crippen LogP contribution < -0.4 is 22.5 Å². The molecule has 180 valence electrons. The lowest BCUT2D eigenvalue weighted by atomic mass is 10.0. The third-order valence-corrected chi connectivity index (χ3v) is 4.89. The summed E-state index contributed by atoms with van der Waals surface area (Å²) in [7, 11) is 0. The molecule has 0 saturated carbocycles. The van der Waals surface area contributed by atoms with Gasteiger partial charge in [0.25, 0.3) is 0 Å². The standard InChI is InChI=1S/C14H20FN3O3.C10H8N2O/c15-10-5-3-9(4-6-10)8-11(17)13(19)18-12(14(20)21)2-1-7-16;11-10(13)8-5-7-3-1-2-4-9(7)12-6-8/h3-6,11-12H,1-2,7-8,16-17H2,(H,18,19)(H,20,21);1-6H,(H2,11,13)/t11-,12-;/m0./s1. The average molecular weight is 470 g/mol. The summed E-state index contributed by atoms with van der Waals surface area (Å²) in [5, 5.41) is 12.3. The summed E-state index contributed by atoms with van der Waals surface area (Å²) in [6.45, 7) is 0.348. The lowest BCUT2D eigenvalue weighted by Crippen LogP contribution is -2.49. The van der Waals surface area contributed by atoms with E-state index < -0.39 is 29.9 Å². The van der Waals surface area contributed by atoms with Crippen molar-refractivity contribution < 1.29 is 23.9 Å². The van der Waals surface area contributed by atoms with Crippen molar-refractivity contribution in [2.45, 2.75) is 31.3 Å². The molecular weight excluding hydrogens is 441 g/mol. The maximum atomic E-state index is 12.8. The predicted molar refractivity (Wildman–Crippen MR) is 126 cm³/mol. The van der Waals surface area contributed by atoms with Crippen molar-refractivity contribution >= 4 is 28.7 Å². The molecule has 2 aromatic carbocycles. The fraction of sp³-hybridized carbons (Fsp3) is 0.250. The van der Waals surface area contributed by atoms with Gasteiger partial charge in [0.2, 0.25) is 11.8 Å². The van der Waals surface area contributed by atoms with E-state index in [4.69, 9.17) is 22.3 Å². The summed E-state index contributed by atoms with van der Waals surface area (Å²) in [5.74, 6) is -2.49. The van der Waals surface area contributed by atoms with Crippen LogP contribution in [0.3, 0.4) is 0 Å². The second-order valence-electron chi connectivity index (χ2n) is 7.55. The molecule has 0 aliphatic carbocycles. The topological polar surface area (TPSA) is 174 Å². The number of halogens is 1. The number of amides is 2. The second kappa shape index (κ2) is 13.0. The molecule has 0 spiro atoms.